The van der Waals surface area contributed by atoms with Crippen molar-refractivity contribution in [3.05, 3.63) is 18.1 Å². The van der Waals surface area contributed by atoms with E-state index in [9.17, 15) is 0 Å². The van der Waals surface area contributed by atoms with E-state index < -0.39 is 0 Å². The average molecular weight is 249 g/mol. The first-order valence-corrected chi connectivity index (χ1v) is 6.52. The van der Waals surface area contributed by atoms with Gasteiger partial charge in [-0.3, -0.25) is 0 Å². The summed E-state index contributed by atoms with van der Waals surface area (Å²) in [6.45, 7) is 4.42. The van der Waals surface area contributed by atoms with E-state index in [0.717, 1.165) is 44.1 Å². The van der Waals surface area contributed by atoms with Gasteiger partial charge >= 0.3 is 0 Å². The fourth-order valence-corrected chi connectivity index (χ4v) is 2.35. The second-order valence-electron chi connectivity index (χ2n) is 5.30. The topological polar surface area (TPSA) is 44.3 Å². The molecule has 1 aromatic rings. The minimum atomic E-state index is 0.627. The predicted molar refractivity (Wildman–Crippen MR) is 73.9 cm³/mol. The first-order valence-electron chi connectivity index (χ1n) is 6.52. The zero-order valence-corrected chi connectivity index (χ0v) is 11.6. The van der Waals surface area contributed by atoms with E-state index in [1.807, 2.05) is 19.0 Å². The monoisotopic (exact) mass is 249 g/mol. The highest BCUT2D eigenvalue weighted by Crippen LogP contribution is 2.13. The smallest absolute Gasteiger partial charge is 0.131 e. The standard InChI is InChI=1S/C13H23N5/c1-17(2)13-7-12(15-10-16-13)6-11-8-14-4-5-18(3)9-11/h7,10-11,14H,4-6,8-9H2,1-3H3. The molecule has 1 N–H and O–H groups in total. The lowest BCUT2D eigenvalue weighted by atomic mass is 10.0. The summed E-state index contributed by atoms with van der Waals surface area (Å²) in [4.78, 5) is 13.0. The maximum atomic E-state index is 4.39. The molecule has 2 heterocycles. The Balaban J connectivity index is 2.01. The molecular formula is C13H23N5. The van der Waals surface area contributed by atoms with Crippen molar-refractivity contribution in [2.24, 2.45) is 5.92 Å². The second kappa shape index (κ2) is 6.11. The molecule has 5 nitrogen and oxygen atoms in total. The van der Waals surface area contributed by atoms with Gasteiger partial charge in [0, 0.05) is 45.5 Å². The highest BCUT2D eigenvalue weighted by molar-refractivity contribution is 5.36. The summed E-state index contributed by atoms with van der Waals surface area (Å²) in [5, 5.41) is 3.49. The van der Waals surface area contributed by atoms with Crippen LogP contribution in [-0.4, -0.2) is 62.2 Å². The second-order valence-corrected chi connectivity index (χ2v) is 5.30. The molecule has 1 aliphatic rings. The van der Waals surface area contributed by atoms with Crippen LogP contribution < -0.4 is 10.2 Å². The molecule has 1 aromatic heterocycles. The van der Waals surface area contributed by atoms with Gasteiger partial charge in [-0.15, -0.1) is 0 Å². The average Bonchev–Trinajstić information content (AvgIpc) is 2.54. The highest BCUT2D eigenvalue weighted by Gasteiger charge is 2.16. The molecular weight excluding hydrogens is 226 g/mol. The van der Waals surface area contributed by atoms with Crippen molar-refractivity contribution < 1.29 is 0 Å². The molecule has 0 saturated carbocycles. The van der Waals surface area contributed by atoms with Crippen LogP contribution in [0.1, 0.15) is 5.69 Å². The van der Waals surface area contributed by atoms with Crippen molar-refractivity contribution >= 4 is 5.82 Å². The number of nitrogens with one attached hydrogen (secondary N) is 1. The quantitative estimate of drug-likeness (QED) is 0.831. The Morgan fingerprint density at radius 3 is 3.06 bits per heavy atom. The Labute approximate surface area is 109 Å². The molecule has 100 valence electrons. The lowest BCUT2D eigenvalue weighted by Gasteiger charge is -2.19. The summed E-state index contributed by atoms with van der Waals surface area (Å²) in [6, 6.07) is 2.09. The molecule has 0 amide bonds. The van der Waals surface area contributed by atoms with Crippen molar-refractivity contribution in [3.63, 3.8) is 0 Å². The molecule has 0 aromatic carbocycles. The van der Waals surface area contributed by atoms with Crippen LogP contribution in [0.3, 0.4) is 0 Å². The Kier molecular flexibility index (Phi) is 4.49. The van der Waals surface area contributed by atoms with Gasteiger partial charge in [-0.05, 0) is 25.9 Å². The summed E-state index contributed by atoms with van der Waals surface area (Å²) in [5.74, 6) is 1.61. The van der Waals surface area contributed by atoms with E-state index in [4.69, 9.17) is 0 Å². The van der Waals surface area contributed by atoms with Gasteiger partial charge in [-0.1, -0.05) is 0 Å². The molecule has 1 aliphatic heterocycles. The lowest BCUT2D eigenvalue weighted by molar-refractivity contribution is 0.308. The number of hydrogen-bond donors (Lipinski definition) is 1. The summed E-state index contributed by atoms with van der Waals surface area (Å²) in [5.41, 5.74) is 1.14. The Hall–Kier alpha value is -1.20. The third-order valence-corrected chi connectivity index (χ3v) is 3.34. The van der Waals surface area contributed by atoms with Crippen molar-refractivity contribution in [2.45, 2.75) is 6.42 Å². The van der Waals surface area contributed by atoms with Crippen molar-refractivity contribution in [1.82, 2.24) is 20.2 Å². The number of aromatic nitrogens is 2. The largest absolute Gasteiger partial charge is 0.363 e. The number of rotatable bonds is 3. The van der Waals surface area contributed by atoms with E-state index in [2.05, 4.69) is 33.3 Å². The molecule has 18 heavy (non-hydrogen) atoms. The first kappa shape index (κ1) is 13.2. The summed E-state index contributed by atoms with van der Waals surface area (Å²) < 4.78 is 0. The molecule has 1 saturated heterocycles. The molecule has 0 radical (unpaired) electrons. The fraction of sp³-hybridized carbons (Fsp3) is 0.692. The predicted octanol–water partition coefficient (Wildman–Crippen LogP) is 0.236. The third-order valence-electron chi connectivity index (χ3n) is 3.34. The molecule has 0 aliphatic carbocycles. The van der Waals surface area contributed by atoms with Gasteiger partial charge in [0.05, 0.1) is 0 Å². The maximum absolute atomic E-state index is 4.39. The first-order chi connectivity index (χ1) is 8.65. The van der Waals surface area contributed by atoms with Crippen LogP contribution in [0.2, 0.25) is 0 Å². The summed E-state index contributed by atoms with van der Waals surface area (Å²) in [7, 11) is 6.20. The molecule has 0 bridgehead atoms. The van der Waals surface area contributed by atoms with Crippen LogP contribution in [0.15, 0.2) is 12.4 Å². The summed E-state index contributed by atoms with van der Waals surface area (Å²) in [6.07, 6.45) is 2.68. The summed E-state index contributed by atoms with van der Waals surface area (Å²) >= 11 is 0. The molecule has 1 unspecified atom stereocenters. The van der Waals surface area contributed by atoms with Crippen molar-refractivity contribution in [2.75, 3.05) is 52.2 Å². The number of nitrogens with zero attached hydrogens (tertiary/aromatic N) is 4. The van der Waals surface area contributed by atoms with Crippen LogP contribution in [-0.2, 0) is 6.42 Å². The van der Waals surface area contributed by atoms with Gasteiger partial charge in [-0.2, -0.15) is 0 Å². The third kappa shape index (κ3) is 3.65. The minimum absolute atomic E-state index is 0.627. The fourth-order valence-electron chi connectivity index (χ4n) is 2.35. The SMILES string of the molecule is CN1CCNCC(Cc2cc(N(C)C)ncn2)C1. The van der Waals surface area contributed by atoms with Gasteiger partial charge in [0.1, 0.15) is 12.1 Å². The van der Waals surface area contributed by atoms with Crippen LogP contribution in [0.5, 0.6) is 0 Å². The zero-order chi connectivity index (χ0) is 13.0. The Morgan fingerprint density at radius 2 is 2.28 bits per heavy atom. The maximum Gasteiger partial charge on any atom is 0.131 e. The number of anilines is 1. The van der Waals surface area contributed by atoms with Crippen LogP contribution >= 0.6 is 0 Å². The molecule has 1 atom stereocenters. The van der Waals surface area contributed by atoms with E-state index in [-0.39, 0.29) is 0 Å². The van der Waals surface area contributed by atoms with E-state index in [1.165, 1.54) is 0 Å². The number of hydrogen-bond acceptors (Lipinski definition) is 5. The van der Waals surface area contributed by atoms with Crippen molar-refractivity contribution in [3.8, 4) is 0 Å². The van der Waals surface area contributed by atoms with Crippen LogP contribution in [0.25, 0.3) is 0 Å². The normalized spacial score (nSPS) is 21.6. The van der Waals surface area contributed by atoms with Gasteiger partial charge in [0.2, 0.25) is 0 Å². The van der Waals surface area contributed by atoms with Gasteiger partial charge < -0.3 is 15.1 Å². The number of likely N-dealkylation sites (N-methyl/N-ethyl adjacent to an activating group) is 1. The molecule has 5 heteroatoms. The minimum Gasteiger partial charge on any atom is -0.363 e. The molecule has 0 spiro atoms. The molecule has 2 rings (SSSR count). The molecule has 1 fully saturated rings. The van der Waals surface area contributed by atoms with E-state index in [0.29, 0.717) is 5.92 Å². The lowest BCUT2D eigenvalue weighted by Crippen LogP contribution is -2.27. The van der Waals surface area contributed by atoms with Crippen LogP contribution in [0.4, 0.5) is 5.82 Å². The Morgan fingerprint density at radius 1 is 1.44 bits per heavy atom. The van der Waals surface area contributed by atoms with Gasteiger partial charge in [-0.25, -0.2) is 9.97 Å². The van der Waals surface area contributed by atoms with E-state index >= 15 is 0 Å². The van der Waals surface area contributed by atoms with Gasteiger partial charge in [0.15, 0.2) is 0 Å². The Bertz CT molecular complexity index is 379. The highest BCUT2D eigenvalue weighted by atomic mass is 15.1. The zero-order valence-electron chi connectivity index (χ0n) is 11.6. The van der Waals surface area contributed by atoms with Gasteiger partial charge in [0.25, 0.3) is 0 Å². The van der Waals surface area contributed by atoms with Crippen molar-refractivity contribution in [1.29, 1.82) is 0 Å². The van der Waals surface area contributed by atoms with E-state index in [1.54, 1.807) is 6.33 Å². The van der Waals surface area contributed by atoms with Crippen LogP contribution in [0, 0.1) is 5.92 Å².